The van der Waals surface area contributed by atoms with Gasteiger partial charge in [0.1, 0.15) is 5.69 Å². The molecule has 0 aliphatic rings. The minimum Gasteiger partial charge on any atom is -0.320 e. The summed E-state index contributed by atoms with van der Waals surface area (Å²) in [5.74, 6) is -0.246. The summed E-state index contributed by atoms with van der Waals surface area (Å²) in [6.07, 6.45) is 5.38. The SMILES string of the molecule is CCCc1ccccc1NC(=O)c1ccn2ncc(-c3cccc(Cl)c3)c2n1. The van der Waals surface area contributed by atoms with Crippen LogP contribution in [-0.4, -0.2) is 20.5 Å². The molecule has 2 aromatic carbocycles. The summed E-state index contributed by atoms with van der Waals surface area (Å²) in [5.41, 5.74) is 4.60. The lowest BCUT2D eigenvalue weighted by molar-refractivity contribution is 0.102. The van der Waals surface area contributed by atoms with Crippen LogP contribution in [0.25, 0.3) is 16.8 Å². The topological polar surface area (TPSA) is 59.3 Å². The quantitative estimate of drug-likeness (QED) is 0.506. The van der Waals surface area contributed by atoms with E-state index in [1.54, 1.807) is 23.0 Å². The van der Waals surface area contributed by atoms with E-state index in [-0.39, 0.29) is 5.91 Å². The molecule has 140 valence electrons. The Morgan fingerprint density at radius 1 is 1.14 bits per heavy atom. The van der Waals surface area contributed by atoms with Crippen LogP contribution in [0, 0.1) is 0 Å². The number of hydrogen-bond donors (Lipinski definition) is 1. The highest BCUT2D eigenvalue weighted by Crippen LogP contribution is 2.26. The van der Waals surface area contributed by atoms with E-state index in [9.17, 15) is 4.79 Å². The summed E-state index contributed by atoms with van der Waals surface area (Å²) in [7, 11) is 0. The molecule has 1 amide bonds. The smallest absolute Gasteiger partial charge is 0.274 e. The number of para-hydroxylation sites is 1. The van der Waals surface area contributed by atoms with E-state index in [4.69, 9.17) is 11.6 Å². The predicted octanol–water partition coefficient (Wildman–Crippen LogP) is 5.25. The third-order valence-electron chi connectivity index (χ3n) is 4.52. The Labute approximate surface area is 168 Å². The maximum absolute atomic E-state index is 12.8. The zero-order chi connectivity index (χ0) is 19.5. The second kappa shape index (κ2) is 7.82. The molecule has 28 heavy (non-hydrogen) atoms. The second-order valence-corrected chi connectivity index (χ2v) is 6.95. The predicted molar refractivity (Wildman–Crippen MR) is 112 cm³/mol. The van der Waals surface area contributed by atoms with Crippen LogP contribution in [0.3, 0.4) is 0 Å². The molecular formula is C22H19ClN4O. The van der Waals surface area contributed by atoms with Crippen LogP contribution in [0.4, 0.5) is 5.69 Å². The van der Waals surface area contributed by atoms with Gasteiger partial charge in [-0.2, -0.15) is 5.10 Å². The fourth-order valence-electron chi connectivity index (χ4n) is 3.17. The number of hydrogen-bond acceptors (Lipinski definition) is 3. The van der Waals surface area contributed by atoms with Crippen molar-refractivity contribution in [3.05, 3.63) is 83.3 Å². The van der Waals surface area contributed by atoms with Gasteiger partial charge < -0.3 is 5.32 Å². The van der Waals surface area contributed by atoms with Crippen molar-refractivity contribution in [2.45, 2.75) is 19.8 Å². The number of nitrogens with zero attached hydrogens (tertiary/aromatic N) is 3. The fourth-order valence-corrected chi connectivity index (χ4v) is 3.36. The maximum Gasteiger partial charge on any atom is 0.274 e. The highest BCUT2D eigenvalue weighted by atomic mass is 35.5. The van der Waals surface area contributed by atoms with Crippen LogP contribution in [-0.2, 0) is 6.42 Å². The van der Waals surface area contributed by atoms with Gasteiger partial charge in [0.15, 0.2) is 5.65 Å². The van der Waals surface area contributed by atoms with Gasteiger partial charge in [0.25, 0.3) is 5.91 Å². The Morgan fingerprint density at radius 3 is 2.82 bits per heavy atom. The minimum atomic E-state index is -0.246. The van der Waals surface area contributed by atoms with Crippen molar-refractivity contribution < 1.29 is 4.79 Å². The van der Waals surface area contributed by atoms with Crippen molar-refractivity contribution in [2.75, 3.05) is 5.32 Å². The van der Waals surface area contributed by atoms with Crippen LogP contribution in [0.15, 0.2) is 67.0 Å². The molecule has 4 aromatic rings. The lowest BCUT2D eigenvalue weighted by atomic mass is 10.1. The second-order valence-electron chi connectivity index (χ2n) is 6.51. The molecule has 0 saturated carbocycles. The number of nitrogens with one attached hydrogen (secondary N) is 1. The Kier molecular flexibility index (Phi) is 5.08. The maximum atomic E-state index is 12.8. The van der Waals surface area contributed by atoms with Crippen LogP contribution >= 0.6 is 11.6 Å². The first-order valence-corrected chi connectivity index (χ1v) is 9.53. The molecule has 5 nitrogen and oxygen atoms in total. The van der Waals surface area contributed by atoms with E-state index in [0.29, 0.717) is 16.4 Å². The van der Waals surface area contributed by atoms with E-state index in [1.165, 1.54) is 0 Å². The summed E-state index contributed by atoms with van der Waals surface area (Å²) in [4.78, 5) is 17.4. The zero-order valence-electron chi connectivity index (χ0n) is 15.4. The number of benzene rings is 2. The Balaban J connectivity index is 1.68. The molecule has 0 fully saturated rings. The normalized spacial score (nSPS) is 10.9. The fraction of sp³-hybridized carbons (Fsp3) is 0.136. The van der Waals surface area contributed by atoms with E-state index < -0.39 is 0 Å². The average molecular weight is 391 g/mol. The summed E-state index contributed by atoms with van der Waals surface area (Å²) in [5, 5.41) is 7.95. The summed E-state index contributed by atoms with van der Waals surface area (Å²) < 4.78 is 1.65. The van der Waals surface area contributed by atoms with Gasteiger partial charge in [0, 0.05) is 22.5 Å². The van der Waals surface area contributed by atoms with Gasteiger partial charge in [0.2, 0.25) is 0 Å². The van der Waals surface area contributed by atoms with Crippen molar-refractivity contribution in [3.8, 4) is 11.1 Å². The molecule has 0 bridgehead atoms. The molecule has 0 aliphatic carbocycles. The standard InChI is InChI=1S/C22H19ClN4O/c1-2-6-15-7-3-4-10-19(15)26-22(28)20-11-12-27-21(25-20)18(14-24-27)16-8-5-9-17(23)13-16/h3-5,7-14H,2,6H2,1H3,(H,26,28). The number of aromatic nitrogens is 3. The first-order valence-electron chi connectivity index (χ1n) is 9.15. The van der Waals surface area contributed by atoms with Crippen LogP contribution < -0.4 is 5.32 Å². The lowest BCUT2D eigenvalue weighted by Gasteiger charge is -2.10. The van der Waals surface area contributed by atoms with Crippen LogP contribution in [0.5, 0.6) is 0 Å². The first-order chi connectivity index (χ1) is 13.7. The van der Waals surface area contributed by atoms with Gasteiger partial charge >= 0.3 is 0 Å². The Hall–Kier alpha value is -3.18. The van der Waals surface area contributed by atoms with E-state index in [1.807, 2.05) is 48.5 Å². The average Bonchev–Trinajstić information content (AvgIpc) is 3.13. The molecule has 6 heteroatoms. The molecule has 0 aliphatic heterocycles. The Morgan fingerprint density at radius 2 is 2.00 bits per heavy atom. The monoisotopic (exact) mass is 390 g/mol. The van der Waals surface area contributed by atoms with E-state index >= 15 is 0 Å². The molecule has 1 N–H and O–H groups in total. The van der Waals surface area contributed by atoms with Crippen molar-refractivity contribution in [3.63, 3.8) is 0 Å². The summed E-state index contributed by atoms with van der Waals surface area (Å²) in [6, 6.07) is 17.0. The lowest BCUT2D eigenvalue weighted by Crippen LogP contribution is -2.15. The number of amides is 1. The number of carbonyl (C=O) groups excluding carboxylic acids is 1. The van der Waals surface area contributed by atoms with Crippen LogP contribution in [0.1, 0.15) is 29.4 Å². The molecule has 2 heterocycles. The number of anilines is 1. The molecule has 0 atom stereocenters. The van der Waals surface area contributed by atoms with Gasteiger partial charge in [-0.15, -0.1) is 0 Å². The van der Waals surface area contributed by atoms with E-state index in [0.717, 1.165) is 35.2 Å². The molecule has 0 spiro atoms. The molecule has 0 radical (unpaired) electrons. The number of halogens is 1. The number of rotatable bonds is 5. The largest absolute Gasteiger partial charge is 0.320 e. The highest BCUT2D eigenvalue weighted by molar-refractivity contribution is 6.30. The number of aryl methyl sites for hydroxylation is 1. The zero-order valence-corrected chi connectivity index (χ0v) is 16.1. The van der Waals surface area contributed by atoms with Crippen LogP contribution in [0.2, 0.25) is 5.02 Å². The van der Waals surface area contributed by atoms with Gasteiger partial charge in [0.05, 0.1) is 6.20 Å². The summed E-state index contributed by atoms with van der Waals surface area (Å²) >= 11 is 6.11. The third-order valence-corrected chi connectivity index (χ3v) is 4.76. The van der Waals surface area contributed by atoms with Gasteiger partial charge in [-0.3, -0.25) is 4.79 Å². The van der Waals surface area contributed by atoms with E-state index in [2.05, 4.69) is 22.3 Å². The molecular weight excluding hydrogens is 372 g/mol. The summed E-state index contributed by atoms with van der Waals surface area (Å²) in [6.45, 7) is 2.12. The van der Waals surface area contributed by atoms with Crippen molar-refractivity contribution >= 4 is 28.8 Å². The molecule has 0 saturated heterocycles. The van der Waals surface area contributed by atoms with Crippen molar-refractivity contribution in [2.24, 2.45) is 0 Å². The van der Waals surface area contributed by atoms with Gasteiger partial charge in [-0.1, -0.05) is 55.3 Å². The molecule has 2 aromatic heterocycles. The van der Waals surface area contributed by atoms with Gasteiger partial charge in [-0.25, -0.2) is 9.50 Å². The molecule has 4 rings (SSSR count). The first kappa shape index (κ1) is 18.2. The number of fused-ring (bicyclic) bond motifs is 1. The van der Waals surface area contributed by atoms with Crippen molar-refractivity contribution in [1.82, 2.24) is 14.6 Å². The highest BCUT2D eigenvalue weighted by Gasteiger charge is 2.14. The van der Waals surface area contributed by atoms with Gasteiger partial charge in [-0.05, 0) is 41.8 Å². The molecule has 0 unspecified atom stereocenters. The Bertz CT molecular complexity index is 1150. The minimum absolute atomic E-state index is 0.246. The van der Waals surface area contributed by atoms with Crippen molar-refractivity contribution in [1.29, 1.82) is 0 Å². The third kappa shape index (κ3) is 3.62. The number of carbonyl (C=O) groups is 1.